The van der Waals surface area contributed by atoms with Gasteiger partial charge < -0.3 is 30.6 Å². The number of aromatic hydroxyl groups is 1. The van der Waals surface area contributed by atoms with Crippen LogP contribution in [0.25, 0.3) is 10.2 Å². The number of H-pyrrole nitrogens is 1. The fourth-order valence-corrected chi connectivity index (χ4v) is 4.03. The van der Waals surface area contributed by atoms with Crippen molar-refractivity contribution in [2.75, 3.05) is 33.4 Å². The molecule has 156 valence electrons. The average Bonchev–Trinajstić information content (AvgIpc) is 3.12. The average molecular weight is 418 g/mol. The van der Waals surface area contributed by atoms with Gasteiger partial charge in [-0.3, -0.25) is 4.79 Å². The number of rotatable bonds is 11. The van der Waals surface area contributed by atoms with E-state index in [0.717, 1.165) is 37.4 Å². The minimum atomic E-state index is -0.759. The summed E-state index contributed by atoms with van der Waals surface area (Å²) in [5.41, 5.74) is 3.48. The molecule has 0 spiro atoms. The lowest BCUT2D eigenvalue weighted by Crippen LogP contribution is -2.23. The van der Waals surface area contributed by atoms with Crippen molar-refractivity contribution in [2.24, 2.45) is 0 Å². The summed E-state index contributed by atoms with van der Waals surface area (Å²) in [5, 5.41) is 26.9. The number of phenols is 1. The second kappa shape index (κ2) is 10.5. The van der Waals surface area contributed by atoms with Crippen molar-refractivity contribution in [3.8, 4) is 5.75 Å². The van der Waals surface area contributed by atoms with Crippen LogP contribution in [-0.2, 0) is 17.7 Å². The largest absolute Gasteiger partial charge is 0.506 e. The SMILES string of the molecule is COCCNCc1ccc(CCNC[C@H](O)c2ccc(O)c3[nH]c(=O)sc23)cc1. The topological polar surface area (TPSA) is 107 Å². The van der Waals surface area contributed by atoms with Crippen LogP contribution in [0.1, 0.15) is 22.8 Å². The zero-order valence-electron chi connectivity index (χ0n) is 16.4. The molecule has 1 aromatic heterocycles. The first kappa shape index (κ1) is 21.5. The lowest BCUT2D eigenvalue weighted by molar-refractivity contribution is 0.176. The van der Waals surface area contributed by atoms with Crippen molar-refractivity contribution in [3.63, 3.8) is 0 Å². The molecular formula is C21H27N3O4S. The minimum Gasteiger partial charge on any atom is -0.506 e. The Hall–Kier alpha value is -2.23. The van der Waals surface area contributed by atoms with Gasteiger partial charge in [0.15, 0.2) is 0 Å². The molecule has 0 unspecified atom stereocenters. The van der Waals surface area contributed by atoms with E-state index in [1.807, 2.05) is 0 Å². The number of ether oxygens (including phenoxy) is 1. The molecule has 3 rings (SSSR count). The summed E-state index contributed by atoms with van der Waals surface area (Å²) >= 11 is 0.996. The van der Waals surface area contributed by atoms with E-state index in [2.05, 4.69) is 39.9 Å². The Balaban J connectivity index is 1.46. The van der Waals surface area contributed by atoms with Crippen LogP contribution in [0.15, 0.2) is 41.2 Å². The standard InChI is InChI=1S/C21H27N3O4S/c1-28-11-10-23-12-15-4-2-14(3-5-15)8-9-22-13-18(26)16-6-7-17(25)19-20(16)29-21(27)24-19/h2-7,18,22-23,25-26H,8-13H2,1H3,(H,24,27)/t18-/m0/s1. The lowest BCUT2D eigenvalue weighted by atomic mass is 10.1. The van der Waals surface area contributed by atoms with Crippen molar-refractivity contribution in [2.45, 2.75) is 19.1 Å². The Morgan fingerprint density at radius 2 is 1.86 bits per heavy atom. The summed E-state index contributed by atoms with van der Waals surface area (Å²) in [6.45, 7) is 3.45. The van der Waals surface area contributed by atoms with Crippen LogP contribution in [0.4, 0.5) is 0 Å². The quantitative estimate of drug-likeness (QED) is 0.305. The summed E-state index contributed by atoms with van der Waals surface area (Å²) < 4.78 is 5.61. The van der Waals surface area contributed by atoms with Crippen LogP contribution in [0, 0.1) is 0 Å². The van der Waals surface area contributed by atoms with E-state index >= 15 is 0 Å². The third-order valence-electron chi connectivity index (χ3n) is 4.71. The first-order valence-electron chi connectivity index (χ1n) is 9.59. The van der Waals surface area contributed by atoms with Gasteiger partial charge >= 0.3 is 4.87 Å². The molecule has 0 radical (unpaired) electrons. The van der Waals surface area contributed by atoms with E-state index in [-0.39, 0.29) is 10.6 Å². The maximum Gasteiger partial charge on any atom is 0.305 e. The number of nitrogens with one attached hydrogen (secondary N) is 3. The predicted octanol–water partition coefficient (Wildman–Crippen LogP) is 1.90. The zero-order chi connectivity index (χ0) is 20.6. The van der Waals surface area contributed by atoms with Gasteiger partial charge in [0.1, 0.15) is 11.3 Å². The number of fused-ring (bicyclic) bond motifs is 1. The molecule has 3 aromatic rings. The van der Waals surface area contributed by atoms with Crippen molar-refractivity contribution in [3.05, 3.63) is 62.8 Å². The van der Waals surface area contributed by atoms with Crippen LogP contribution >= 0.6 is 11.3 Å². The van der Waals surface area contributed by atoms with E-state index in [4.69, 9.17) is 4.74 Å². The summed E-state index contributed by atoms with van der Waals surface area (Å²) in [7, 11) is 1.69. The maximum atomic E-state index is 11.6. The first-order chi connectivity index (χ1) is 14.1. The second-order valence-corrected chi connectivity index (χ2v) is 7.83. The number of thiazole rings is 1. The number of hydrogen-bond donors (Lipinski definition) is 5. The predicted molar refractivity (Wildman–Crippen MR) is 116 cm³/mol. The Labute approximate surface area is 173 Å². The molecule has 0 aliphatic rings. The highest BCUT2D eigenvalue weighted by Gasteiger charge is 2.15. The molecule has 0 bridgehead atoms. The fourth-order valence-electron chi connectivity index (χ4n) is 3.11. The monoisotopic (exact) mass is 417 g/mol. The third kappa shape index (κ3) is 5.88. The molecule has 0 aliphatic heterocycles. The van der Waals surface area contributed by atoms with Crippen LogP contribution in [0.3, 0.4) is 0 Å². The Bertz CT molecular complexity index is 968. The van der Waals surface area contributed by atoms with E-state index < -0.39 is 6.10 Å². The second-order valence-electron chi connectivity index (χ2n) is 6.85. The molecule has 1 heterocycles. The van der Waals surface area contributed by atoms with Gasteiger partial charge in [-0.1, -0.05) is 41.7 Å². The molecule has 1 atom stereocenters. The Morgan fingerprint density at radius 1 is 1.10 bits per heavy atom. The smallest absolute Gasteiger partial charge is 0.305 e. The number of phenolic OH excluding ortho intramolecular Hbond substituents is 1. The highest BCUT2D eigenvalue weighted by atomic mass is 32.1. The van der Waals surface area contributed by atoms with E-state index in [1.165, 1.54) is 17.2 Å². The molecule has 5 N–H and O–H groups in total. The van der Waals surface area contributed by atoms with E-state index in [0.29, 0.717) is 28.9 Å². The van der Waals surface area contributed by atoms with Crippen LogP contribution in [0.5, 0.6) is 5.75 Å². The molecule has 0 aliphatic carbocycles. The van der Waals surface area contributed by atoms with Crippen molar-refractivity contribution in [1.82, 2.24) is 15.6 Å². The van der Waals surface area contributed by atoms with Gasteiger partial charge in [-0.15, -0.1) is 0 Å². The summed E-state index contributed by atoms with van der Waals surface area (Å²) in [4.78, 5) is 13.9. The molecule has 0 saturated carbocycles. The van der Waals surface area contributed by atoms with E-state index in [1.54, 1.807) is 13.2 Å². The number of aliphatic hydroxyl groups is 1. The molecule has 8 heteroatoms. The highest BCUT2D eigenvalue weighted by molar-refractivity contribution is 7.16. The van der Waals surface area contributed by atoms with E-state index in [9.17, 15) is 15.0 Å². The minimum absolute atomic E-state index is 0.0135. The number of hydrogen-bond acceptors (Lipinski definition) is 7. The lowest BCUT2D eigenvalue weighted by Gasteiger charge is -2.13. The maximum absolute atomic E-state index is 11.6. The van der Waals surface area contributed by atoms with Gasteiger partial charge in [0.05, 0.1) is 17.4 Å². The summed E-state index contributed by atoms with van der Waals surface area (Å²) in [6.07, 6.45) is 0.0946. The van der Waals surface area contributed by atoms with Gasteiger partial charge in [-0.2, -0.15) is 0 Å². The van der Waals surface area contributed by atoms with Crippen molar-refractivity contribution < 1.29 is 14.9 Å². The first-order valence-corrected chi connectivity index (χ1v) is 10.4. The van der Waals surface area contributed by atoms with Gasteiger partial charge in [-0.25, -0.2) is 0 Å². The molecule has 7 nitrogen and oxygen atoms in total. The molecule has 0 amide bonds. The van der Waals surface area contributed by atoms with Gasteiger partial charge in [0.2, 0.25) is 0 Å². The normalized spacial score (nSPS) is 12.5. The van der Waals surface area contributed by atoms with Crippen molar-refractivity contribution >= 4 is 21.6 Å². The summed E-state index contributed by atoms with van der Waals surface area (Å²) in [6, 6.07) is 11.6. The van der Waals surface area contributed by atoms with Crippen molar-refractivity contribution in [1.29, 1.82) is 0 Å². The molecule has 0 saturated heterocycles. The molecular weight excluding hydrogens is 390 g/mol. The van der Waals surface area contributed by atoms with Crippen LogP contribution in [0.2, 0.25) is 0 Å². The van der Waals surface area contributed by atoms with Gasteiger partial charge in [0, 0.05) is 32.3 Å². The Morgan fingerprint density at radius 3 is 2.62 bits per heavy atom. The number of aromatic nitrogens is 1. The van der Waals surface area contributed by atoms with Crippen LogP contribution < -0.4 is 15.5 Å². The molecule has 0 fully saturated rings. The number of methoxy groups -OCH3 is 1. The van der Waals surface area contributed by atoms with Gasteiger partial charge in [-0.05, 0) is 30.2 Å². The highest BCUT2D eigenvalue weighted by Crippen LogP contribution is 2.31. The molecule has 29 heavy (non-hydrogen) atoms. The number of benzene rings is 2. The van der Waals surface area contributed by atoms with Crippen LogP contribution in [-0.4, -0.2) is 48.5 Å². The summed E-state index contributed by atoms with van der Waals surface area (Å²) in [5.74, 6) is 0.0135. The number of aliphatic hydroxyl groups excluding tert-OH is 1. The number of aromatic amines is 1. The Kier molecular flexibility index (Phi) is 7.79. The zero-order valence-corrected chi connectivity index (χ0v) is 17.2. The molecule has 2 aromatic carbocycles. The third-order valence-corrected chi connectivity index (χ3v) is 5.64. The fraction of sp³-hybridized carbons (Fsp3) is 0.381. The van der Waals surface area contributed by atoms with Gasteiger partial charge in [0.25, 0.3) is 0 Å².